The lowest BCUT2D eigenvalue weighted by Gasteiger charge is -2.11. The minimum Gasteiger partial charge on any atom is -0.225 e. The van der Waals surface area contributed by atoms with Crippen LogP contribution in [0.5, 0.6) is 0 Å². The number of aromatic nitrogens is 2. The quantitative estimate of drug-likeness (QED) is 0.252. The van der Waals surface area contributed by atoms with E-state index in [2.05, 4.69) is 139 Å². The van der Waals surface area contributed by atoms with Gasteiger partial charge in [-0.1, -0.05) is 84.9 Å². The second-order valence-electron chi connectivity index (χ2n) is 9.10. The van der Waals surface area contributed by atoms with Crippen molar-refractivity contribution >= 4 is 21.8 Å². The van der Waals surface area contributed by atoms with E-state index in [9.17, 15) is 0 Å². The van der Waals surface area contributed by atoms with E-state index in [1.807, 2.05) is 0 Å². The third-order valence-corrected chi connectivity index (χ3v) is 6.86. The van der Waals surface area contributed by atoms with Gasteiger partial charge in [-0.05, 0) is 65.8 Å². The standard InChI is InChI=1S/C32H27N2/c1-22-16-19-30-31(20-22)33(3)32(34(30)29-15-9-13-25-12-7-8-14-27(25)29)28-21-26(18-17-23(28)2)24-10-5-4-6-11-24/h4-21H,1-3H3/q+1. The summed E-state index contributed by atoms with van der Waals surface area (Å²) in [5.74, 6) is 1.19. The number of benzene rings is 5. The van der Waals surface area contributed by atoms with Crippen molar-refractivity contribution in [2.75, 3.05) is 0 Å². The van der Waals surface area contributed by atoms with Crippen LogP contribution in [-0.4, -0.2) is 4.57 Å². The minimum atomic E-state index is 1.19. The van der Waals surface area contributed by atoms with Crippen molar-refractivity contribution in [3.63, 3.8) is 0 Å². The Balaban J connectivity index is 1.73. The number of aryl methyl sites for hydroxylation is 3. The van der Waals surface area contributed by atoms with Crippen LogP contribution in [0.1, 0.15) is 11.1 Å². The summed E-state index contributed by atoms with van der Waals surface area (Å²) in [6, 6.07) is 39.4. The minimum absolute atomic E-state index is 1.19. The largest absolute Gasteiger partial charge is 0.295 e. The molecule has 0 fully saturated rings. The lowest BCUT2D eigenvalue weighted by Crippen LogP contribution is -2.30. The Morgan fingerprint density at radius 3 is 2.26 bits per heavy atom. The van der Waals surface area contributed by atoms with E-state index in [1.165, 1.54) is 61.1 Å². The molecule has 0 amide bonds. The smallest absolute Gasteiger partial charge is 0.225 e. The van der Waals surface area contributed by atoms with E-state index in [-0.39, 0.29) is 0 Å². The summed E-state index contributed by atoms with van der Waals surface area (Å²) in [7, 11) is 2.19. The van der Waals surface area contributed by atoms with Gasteiger partial charge in [0.25, 0.3) is 5.82 Å². The summed E-state index contributed by atoms with van der Waals surface area (Å²) in [5, 5.41) is 2.50. The van der Waals surface area contributed by atoms with Crippen LogP contribution in [0.2, 0.25) is 0 Å². The van der Waals surface area contributed by atoms with Crippen LogP contribution < -0.4 is 4.57 Å². The Hall–Kier alpha value is -4.17. The molecule has 2 heteroatoms. The molecule has 6 aromatic rings. The van der Waals surface area contributed by atoms with E-state index in [0.29, 0.717) is 0 Å². The molecular weight excluding hydrogens is 412 g/mol. The highest BCUT2D eigenvalue weighted by molar-refractivity contribution is 5.93. The molecule has 0 saturated heterocycles. The Morgan fingerprint density at radius 1 is 0.647 bits per heavy atom. The highest BCUT2D eigenvalue weighted by Crippen LogP contribution is 2.34. The van der Waals surface area contributed by atoms with Gasteiger partial charge >= 0.3 is 0 Å². The molecule has 0 bridgehead atoms. The number of hydrogen-bond acceptors (Lipinski definition) is 0. The van der Waals surface area contributed by atoms with Gasteiger partial charge in [-0.3, -0.25) is 0 Å². The van der Waals surface area contributed by atoms with Gasteiger partial charge in [0.15, 0.2) is 11.0 Å². The number of fused-ring (bicyclic) bond motifs is 2. The molecule has 0 spiro atoms. The van der Waals surface area contributed by atoms with Crippen LogP contribution in [0.15, 0.2) is 109 Å². The topological polar surface area (TPSA) is 8.81 Å². The maximum atomic E-state index is 2.44. The molecule has 0 N–H and O–H groups in total. The SMILES string of the molecule is Cc1ccc2c(c1)[n+](C)c(-c1cc(-c3ccccc3)ccc1C)n2-c1cccc2ccccc12. The summed E-state index contributed by atoms with van der Waals surface area (Å²) in [6.07, 6.45) is 0. The number of hydrogen-bond donors (Lipinski definition) is 0. The first-order valence-corrected chi connectivity index (χ1v) is 11.8. The average Bonchev–Trinajstić information content (AvgIpc) is 3.15. The summed E-state index contributed by atoms with van der Waals surface area (Å²) in [6.45, 7) is 4.37. The predicted molar refractivity (Wildman–Crippen MR) is 142 cm³/mol. The zero-order valence-electron chi connectivity index (χ0n) is 19.8. The zero-order valence-corrected chi connectivity index (χ0v) is 19.8. The average molecular weight is 440 g/mol. The fourth-order valence-corrected chi connectivity index (χ4v) is 5.09. The highest BCUT2D eigenvalue weighted by Gasteiger charge is 2.28. The van der Waals surface area contributed by atoms with Gasteiger partial charge < -0.3 is 0 Å². The fourth-order valence-electron chi connectivity index (χ4n) is 5.09. The second-order valence-corrected chi connectivity index (χ2v) is 9.10. The zero-order chi connectivity index (χ0) is 23.2. The van der Waals surface area contributed by atoms with Crippen molar-refractivity contribution in [1.29, 1.82) is 0 Å². The van der Waals surface area contributed by atoms with Crippen molar-refractivity contribution in [1.82, 2.24) is 4.57 Å². The molecule has 0 radical (unpaired) electrons. The van der Waals surface area contributed by atoms with Crippen LogP contribution in [0, 0.1) is 13.8 Å². The van der Waals surface area contributed by atoms with E-state index >= 15 is 0 Å². The molecule has 6 rings (SSSR count). The van der Waals surface area contributed by atoms with Crippen molar-refractivity contribution in [2.45, 2.75) is 13.8 Å². The first-order valence-electron chi connectivity index (χ1n) is 11.8. The van der Waals surface area contributed by atoms with Crippen molar-refractivity contribution in [3.8, 4) is 28.2 Å². The molecule has 1 heterocycles. The molecule has 0 aliphatic heterocycles. The van der Waals surface area contributed by atoms with Gasteiger partial charge in [0, 0.05) is 5.39 Å². The van der Waals surface area contributed by atoms with Crippen LogP contribution in [-0.2, 0) is 7.05 Å². The third kappa shape index (κ3) is 3.22. The van der Waals surface area contributed by atoms with Gasteiger partial charge in [0.2, 0.25) is 0 Å². The molecule has 2 nitrogen and oxygen atoms in total. The molecule has 164 valence electrons. The number of imidazole rings is 1. The van der Waals surface area contributed by atoms with Gasteiger partial charge in [-0.2, -0.15) is 4.57 Å². The van der Waals surface area contributed by atoms with Gasteiger partial charge in [0.1, 0.15) is 5.69 Å². The summed E-state index contributed by atoms with van der Waals surface area (Å²) < 4.78 is 4.79. The van der Waals surface area contributed by atoms with Gasteiger partial charge in [0.05, 0.1) is 12.6 Å². The van der Waals surface area contributed by atoms with E-state index < -0.39 is 0 Å². The van der Waals surface area contributed by atoms with E-state index in [4.69, 9.17) is 0 Å². The molecule has 0 atom stereocenters. The lowest BCUT2D eigenvalue weighted by atomic mass is 9.99. The van der Waals surface area contributed by atoms with Gasteiger partial charge in [-0.25, -0.2) is 4.57 Å². The summed E-state index contributed by atoms with van der Waals surface area (Å²) >= 11 is 0. The Labute approximate surface area is 200 Å². The Morgan fingerprint density at radius 2 is 1.41 bits per heavy atom. The number of rotatable bonds is 3. The third-order valence-electron chi connectivity index (χ3n) is 6.86. The molecule has 0 aliphatic rings. The fraction of sp³-hybridized carbons (Fsp3) is 0.0938. The van der Waals surface area contributed by atoms with Crippen molar-refractivity contribution in [3.05, 3.63) is 120 Å². The van der Waals surface area contributed by atoms with Crippen molar-refractivity contribution in [2.24, 2.45) is 7.05 Å². The van der Waals surface area contributed by atoms with E-state index in [0.717, 1.165) is 0 Å². The monoisotopic (exact) mass is 439 g/mol. The maximum Gasteiger partial charge on any atom is 0.295 e. The van der Waals surface area contributed by atoms with Crippen LogP contribution >= 0.6 is 0 Å². The first kappa shape index (κ1) is 20.4. The molecular formula is C32H27N2+. The van der Waals surface area contributed by atoms with E-state index in [1.54, 1.807) is 0 Å². The Kier molecular flexibility index (Phi) is 4.81. The first-order chi connectivity index (χ1) is 16.6. The molecule has 0 saturated carbocycles. The van der Waals surface area contributed by atoms with Gasteiger partial charge in [-0.15, -0.1) is 0 Å². The molecule has 34 heavy (non-hydrogen) atoms. The van der Waals surface area contributed by atoms with Crippen LogP contribution in [0.25, 0.3) is 50.0 Å². The predicted octanol–water partition coefficient (Wildman–Crippen LogP) is 7.56. The number of nitrogens with zero attached hydrogens (tertiary/aromatic N) is 2. The molecule has 0 aliphatic carbocycles. The van der Waals surface area contributed by atoms with Crippen molar-refractivity contribution < 1.29 is 4.57 Å². The molecule has 5 aromatic carbocycles. The molecule has 1 aromatic heterocycles. The van der Waals surface area contributed by atoms with Crippen LogP contribution in [0.4, 0.5) is 0 Å². The Bertz CT molecular complexity index is 1670. The summed E-state index contributed by atoms with van der Waals surface area (Å²) in [5.41, 5.74) is 9.87. The van der Waals surface area contributed by atoms with Crippen LogP contribution in [0.3, 0.4) is 0 Å². The normalized spacial score (nSPS) is 11.4. The highest BCUT2D eigenvalue weighted by atomic mass is 15.2. The lowest BCUT2D eigenvalue weighted by molar-refractivity contribution is -0.633. The summed E-state index contributed by atoms with van der Waals surface area (Å²) in [4.78, 5) is 0. The molecule has 0 unspecified atom stereocenters. The second kappa shape index (κ2) is 8.00. The maximum absolute atomic E-state index is 2.44.